The summed E-state index contributed by atoms with van der Waals surface area (Å²) in [6.45, 7) is 18.7. The highest BCUT2D eigenvalue weighted by atomic mass is 16.5. The maximum absolute atomic E-state index is 11.6. The van der Waals surface area contributed by atoms with Crippen molar-refractivity contribution < 1.29 is 18.8 Å². The van der Waals surface area contributed by atoms with Crippen LogP contribution < -0.4 is 4.90 Å². The molecule has 0 saturated carbocycles. The third-order valence-electron chi connectivity index (χ3n) is 9.52. The van der Waals surface area contributed by atoms with E-state index in [1.165, 1.54) is 56.7 Å². The number of anilines is 1. The summed E-state index contributed by atoms with van der Waals surface area (Å²) in [5.41, 5.74) is 6.99. The van der Waals surface area contributed by atoms with Crippen LogP contribution in [0.1, 0.15) is 52.7 Å². The lowest BCUT2D eigenvalue weighted by molar-refractivity contribution is -0.441. The molecule has 0 unspecified atom stereocenters. The van der Waals surface area contributed by atoms with E-state index in [2.05, 4.69) is 147 Å². The highest BCUT2D eigenvalue weighted by Crippen LogP contribution is 2.50. The second kappa shape index (κ2) is 12.7. The van der Waals surface area contributed by atoms with Gasteiger partial charge in [-0.1, -0.05) is 93.3 Å². The number of carbonyl (C=O) groups is 1. The molecule has 47 heavy (non-hydrogen) atoms. The molecule has 0 amide bonds. The van der Waals surface area contributed by atoms with Crippen molar-refractivity contribution in [2.75, 3.05) is 31.2 Å². The van der Waals surface area contributed by atoms with Gasteiger partial charge in [-0.05, 0) is 66.1 Å². The summed E-state index contributed by atoms with van der Waals surface area (Å²) >= 11 is 0. The predicted molar refractivity (Wildman–Crippen MR) is 195 cm³/mol. The van der Waals surface area contributed by atoms with E-state index in [0.29, 0.717) is 19.8 Å². The molecule has 5 heteroatoms. The van der Waals surface area contributed by atoms with E-state index in [4.69, 9.17) is 9.47 Å². The number of nitrogens with zero attached hydrogens (tertiary/aromatic N) is 2. The molecule has 0 spiro atoms. The first-order valence-electron chi connectivity index (χ1n) is 16.5. The molecule has 5 nitrogen and oxygen atoms in total. The maximum Gasteiger partial charge on any atom is 0.302 e. The van der Waals surface area contributed by atoms with Gasteiger partial charge in [-0.2, -0.15) is 4.58 Å². The largest absolute Gasteiger partial charge is 0.492 e. The molecule has 0 bridgehead atoms. The van der Waals surface area contributed by atoms with Crippen LogP contribution in [0.15, 0.2) is 121 Å². The lowest BCUT2D eigenvalue weighted by atomic mass is 9.79. The molecule has 240 valence electrons. The van der Waals surface area contributed by atoms with E-state index in [-0.39, 0.29) is 16.8 Å². The highest BCUT2D eigenvalue weighted by Gasteiger charge is 2.45. The fourth-order valence-electron chi connectivity index (χ4n) is 7.50. The lowest BCUT2D eigenvalue weighted by Gasteiger charge is -2.27. The number of fused-ring (bicyclic) bond motifs is 6. The molecular weight excluding hydrogens is 580 g/mol. The Morgan fingerprint density at radius 2 is 1.45 bits per heavy atom. The SMILES string of the molecule is C=C(C)OCC[N+]1=C(C=CC=CC=C2N(CCOC(C)=O)c3ccc4ccccc4c3C2(C)C)C(C)(C)c2c1ccc1ccccc21. The minimum atomic E-state index is -0.263. The average molecular weight is 626 g/mol. The van der Waals surface area contributed by atoms with Crippen LogP contribution in [-0.2, 0) is 25.1 Å². The summed E-state index contributed by atoms with van der Waals surface area (Å²) in [4.78, 5) is 13.9. The zero-order valence-corrected chi connectivity index (χ0v) is 28.5. The van der Waals surface area contributed by atoms with Gasteiger partial charge >= 0.3 is 5.97 Å². The van der Waals surface area contributed by atoms with Crippen LogP contribution in [0.25, 0.3) is 21.5 Å². The van der Waals surface area contributed by atoms with Crippen molar-refractivity contribution in [2.45, 2.75) is 52.4 Å². The van der Waals surface area contributed by atoms with Crippen molar-refractivity contribution in [3.05, 3.63) is 132 Å². The van der Waals surface area contributed by atoms with Crippen LogP contribution in [0.3, 0.4) is 0 Å². The first kappa shape index (κ1) is 32.1. The third-order valence-corrected chi connectivity index (χ3v) is 9.52. The Bertz CT molecular complexity index is 2010. The Kier molecular flexibility index (Phi) is 8.67. The van der Waals surface area contributed by atoms with Crippen LogP contribution in [0.5, 0.6) is 0 Å². The van der Waals surface area contributed by atoms with Crippen molar-refractivity contribution in [2.24, 2.45) is 0 Å². The van der Waals surface area contributed by atoms with E-state index in [1.807, 2.05) is 6.92 Å². The Morgan fingerprint density at radius 3 is 2.13 bits per heavy atom. The van der Waals surface area contributed by atoms with Crippen LogP contribution in [-0.4, -0.2) is 42.6 Å². The molecule has 2 aliphatic rings. The van der Waals surface area contributed by atoms with Crippen LogP contribution in [0.4, 0.5) is 11.4 Å². The Labute approximate surface area is 278 Å². The summed E-state index contributed by atoms with van der Waals surface area (Å²) in [5.74, 6) is 0.461. The molecular formula is C42H45N2O3+. The van der Waals surface area contributed by atoms with E-state index in [0.717, 1.165) is 18.0 Å². The maximum atomic E-state index is 11.6. The zero-order valence-electron chi connectivity index (χ0n) is 28.5. The van der Waals surface area contributed by atoms with E-state index in [1.54, 1.807) is 0 Å². The zero-order chi connectivity index (χ0) is 33.3. The summed E-state index contributed by atoms with van der Waals surface area (Å²) in [7, 11) is 0. The molecule has 0 fully saturated rings. The number of hydrogen-bond donors (Lipinski definition) is 0. The monoisotopic (exact) mass is 625 g/mol. The first-order chi connectivity index (χ1) is 22.5. The Morgan fingerprint density at radius 1 is 0.787 bits per heavy atom. The fourth-order valence-corrected chi connectivity index (χ4v) is 7.50. The molecule has 0 N–H and O–H groups in total. The third kappa shape index (κ3) is 5.91. The van der Waals surface area contributed by atoms with Gasteiger partial charge in [0.05, 0.1) is 17.7 Å². The number of rotatable bonds is 10. The second-order valence-electron chi connectivity index (χ2n) is 13.5. The van der Waals surface area contributed by atoms with Gasteiger partial charge in [0.15, 0.2) is 12.3 Å². The number of allylic oxidation sites excluding steroid dienone is 7. The molecule has 0 saturated heterocycles. The lowest BCUT2D eigenvalue weighted by Crippen LogP contribution is -2.29. The molecule has 0 aromatic heterocycles. The van der Waals surface area contributed by atoms with Gasteiger partial charge in [0.25, 0.3) is 0 Å². The number of benzene rings is 4. The summed E-state index contributed by atoms with van der Waals surface area (Å²) in [5, 5.41) is 5.01. The Hall–Kier alpha value is -4.90. The van der Waals surface area contributed by atoms with E-state index < -0.39 is 0 Å². The van der Waals surface area contributed by atoms with Gasteiger partial charge in [-0.3, -0.25) is 4.79 Å². The van der Waals surface area contributed by atoms with Gasteiger partial charge in [0, 0.05) is 41.4 Å². The van der Waals surface area contributed by atoms with E-state index >= 15 is 0 Å². The number of carbonyl (C=O) groups excluding carboxylic acids is 1. The van der Waals surface area contributed by atoms with Crippen molar-refractivity contribution in [1.29, 1.82) is 0 Å². The number of hydrogen-bond acceptors (Lipinski definition) is 4. The molecule has 0 aliphatic carbocycles. The standard InChI is InChI=1S/C42H45N2O3/c1-29(2)46-27-25-43-35-23-21-31-15-11-13-17-33(31)39(35)41(4,5)37(43)19-9-8-10-20-38-42(6,7)40-34-18-14-12-16-32(34)22-24-36(40)44(38)26-28-47-30(3)45/h8-24H,1,25-28H2,2-7H3/q+1. The fraction of sp³-hybridized carbons (Fsp3) is 0.286. The van der Waals surface area contributed by atoms with Crippen molar-refractivity contribution in [1.82, 2.24) is 0 Å². The molecule has 4 aromatic carbocycles. The number of ether oxygens (including phenoxy) is 2. The average Bonchev–Trinajstić information content (AvgIpc) is 3.39. The van der Waals surface area contributed by atoms with Crippen LogP contribution in [0, 0.1) is 0 Å². The summed E-state index contributed by atoms with van der Waals surface area (Å²) in [6, 6.07) is 26.0. The number of esters is 1. The van der Waals surface area contributed by atoms with Crippen LogP contribution in [0.2, 0.25) is 0 Å². The van der Waals surface area contributed by atoms with E-state index in [9.17, 15) is 4.79 Å². The molecule has 4 aromatic rings. The normalized spacial score (nSPS) is 17.3. The van der Waals surface area contributed by atoms with Gasteiger partial charge in [0.1, 0.15) is 13.2 Å². The minimum absolute atomic E-state index is 0.203. The van der Waals surface area contributed by atoms with Crippen molar-refractivity contribution in [3.8, 4) is 0 Å². The van der Waals surface area contributed by atoms with Gasteiger partial charge in [-0.25, -0.2) is 0 Å². The molecule has 2 aliphatic heterocycles. The quantitative estimate of drug-likeness (QED) is 0.0763. The van der Waals surface area contributed by atoms with Gasteiger partial charge < -0.3 is 14.4 Å². The summed E-state index contributed by atoms with van der Waals surface area (Å²) < 4.78 is 13.6. The molecule has 0 radical (unpaired) electrons. The van der Waals surface area contributed by atoms with Crippen molar-refractivity contribution >= 4 is 44.6 Å². The summed E-state index contributed by atoms with van der Waals surface area (Å²) in [6.07, 6.45) is 10.8. The molecule has 6 rings (SSSR count). The second-order valence-corrected chi connectivity index (χ2v) is 13.5. The van der Waals surface area contributed by atoms with Gasteiger partial charge in [-0.15, -0.1) is 0 Å². The predicted octanol–water partition coefficient (Wildman–Crippen LogP) is 9.28. The minimum Gasteiger partial charge on any atom is -0.492 e. The topological polar surface area (TPSA) is 41.8 Å². The highest BCUT2D eigenvalue weighted by molar-refractivity contribution is 6.07. The van der Waals surface area contributed by atoms with Crippen LogP contribution >= 0.6 is 0 Å². The first-order valence-corrected chi connectivity index (χ1v) is 16.5. The van der Waals surface area contributed by atoms with Crippen molar-refractivity contribution in [3.63, 3.8) is 0 Å². The smallest absolute Gasteiger partial charge is 0.302 e. The Balaban J connectivity index is 1.34. The van der Waals surface area contributed by atoms with Gasteiger partial charge in [0.2, 0.25) is 5.69 Å². The molecule has 2 heterocycles. The molecule has 0 atom stereocenters.